The first-order valence-electron chi connectivity index (χ1n) is 11.0. The second-order valence-electron chi connectivity index (χ2n) is 8.01. The molecule has 0 radical (unpaired) electrons. The Morgan fingerprint density at radius 2 is 1.97 bits per heavy atom. The van der Waals surface area contributed by atoms with E-state index in [-0.39, 0.29) is 0 Å². The molecule has 0 unspecified atom stereocenters. The van der Waals surface area contributed by atoms with Crippen molar-refractivity contribution < 1.29 is 8.42 Å². The zero-order valence-corrected chi connectivity index (χ0v) is 19.2. The molecule has 166 valence electrons. The molecule has 3 N–H and O–H groups in total. The van der Waals surface area contributed by atoms with Crippen LogP contribution in [0, 0.1) is 5.92 Å². The first kappa shape index (κ1) is 22.6. The molecule has 0 saturated carbocycles. The van der Waals surface area contributed by atoms with Gasteiger partial charge < -0.3 is 15.6 Å². The topological polar surface area (TPSA) is 89.6 Å². The number of aromatic nitrogens is 1. The zero-order valence-electron chi connectivity index (χ0n) is 18.4. The van der Waals surface area contributed by atoms with Gasteiger partial charge in [-0.25, -0.2) is 12.7 Å². The van der Waals surface area contributed by atoms with Crippen molar-refractivity contribution in [2.45, 2.75) is 39.5 Å². The lowest BCUT2D eigenvalue weighted by molar-refractivity contribution is 0.280. The molecule has 30 heavy (non-hydrogen) atoms. The van der Waals surface area contributed by atoms with Crippen molar-refractivity contribution in [3.63, 3.8) is 0 Å². The summed E-state index contributed by atoms with van der Waals surface area (Å²) in [5, 5.41) is 8.06. The molecule has 1 aliphatic rings. The molecule has 1 aromatic carbocycles. The fourth-order valence-electron chi connectivity index (χ4n) is 4.08. The van der Waals surface area contributed by atoms with Gasteiger partial charge in [0.2, 0.25) is 10.0 Å². The summed E-state index contributed by atoms with van der Waals surface area (Å²) < 4.78 is 24.9. The van der Waals surface area contributed by atoms with Crippen molar-refractivity contribution in [2.24, 2.45) is 10.9 Å². The molecular weight excluding hydrogens is 398 g/mol. The van der Waals surface area contributed by atoms with E-state index in [0.717, 1.165) is 51.3 Å². The van der Waals surface area contributed by atoms with E-state index in [1.54, 1.807) is 4.31 Å². The van der Waals surface area contributed by atoms with Gasteiger partial charge in [-0.05, 0) is 49.7 Å². The number of sulfonamides is 1. The van der Waals surface area contributed by atoms with E-state index in [1.807, 2.05) is 0 Å². The first-order chi connectivity index (χ1) is 14.4. The number of guanidine groups is 1. The minimum absolute atomic E-state index is 0.430. The smallest absolute Gasteiger partial charge is 0.211 e. The van der Waals surface area contributed by atoms with Gasteiger partial charge in [-0.15, -0.1) is 0 Å². The van der Waals surface area contributed by atoms with E-state index in [9.17, 15) is 8.42 Å². The predicted octanol–water partition coefficient (Wildman–Crippen LogP) is 2.50. The Balaban J connectivity index is 1.52. The summed E-state index contributed by atoms with van der Waals surface area (Å²) in [6.45, 7) is 7.79. The van der Waals surface area contributed by atoms with Crippen LogP contribution in [0.3, 0.4) is 0 Å². The lowest BCUT2D eigenvalue weighted by Gasteiger charge is -2.29. The highest BCUT2D eigenvalue weighted by Crippen LogP contribution is 2.22. The second kappa shape index (κ2) is 10.3. The largest absolute Gasteiger partial charge is 0.361 e. The van der Waals surface area contributed by atoms with Crippen molar-refractivity contribution in [2.75, 3.05) is 39.0 Å². The molecular formula is C22H35N5O2S. The molecule has 1 aliphatic heterocycles. The maximum atomic E-state index is 11.7. The molecule has 1 aromatic heterocycles. The molecule has 2 heterocycles. The average Bonchev–Trinajstić information content (AvgIpc) is 3.15. The summed E-state index contributed by atoms with van der Waals surface area (Å²) in [7, 11) is -3.07. The highest BCUT2D eigenvalue weighted by Gasteiger charge is 2.24. The minimum Gasteiger partial charge on any atom is -0.361 e. The van der Waals surface area contributed by atoms with E-state index >= 15 is 0 Å². The van der Waals surface area contributed by atoms with Crippen LogP contribution in [0.4, 0.5) is 0 Å². The van der Waals surface area contributed by atoms with E-state index in [0.29, 0.717) is 19.0 Å². The molecule has 7 nitrogen and oxygen atoms in total. The average molecular weight is 434 g/mol. The monoisotopic (exact) mass is 433 g/mol. The van der Waals surface area contributed by atoms with Crippen LogP contribution in [0.25, 0.3) is 10.9 Å². The number of nitrogens with one attached hydrogen (secondary N) is 3. The SMILES string of the molecule is CCNC(=NCC1CCN(S(C)(=O)=O)CC1)NCCc1c[nH]c2c(CC)cccc12. The fourth-order valence-corrected chi connectivity index (χ4v) is 4.95. The van der Waals surface area contributed by atoms with Crippen molar-refractivity contribution in [3.05, 3.63) is 35.5 Å². The Labute approximate surface area is 180 Å². The summed E-state index contributed by atoms with van der Waals surface area (Å²) in [5.74, 6) is 1.26. The molecule has 1 fully saturated rings. The van der Waals surface area contributed by atoms with E-state index < -0.39 is 10.0 Å². The molecule has 0 amide bonds. The Morgan fingerprint density at radius 1 is 1.20 bits per heavy atom. The Morgan fingerprint density at radius 3 is 2.63 bits per heavy atom. The van der Waals surface area contributed by atoms with Crippen LogP contribution < -0.4 is 10.6 Å². The number of H-pyrrole nitrogens is 1. The predicted molar refractivity (Wildman–Crippen MR) is 125 cm³/mol. The third-order valence-electron chi connectivity index (χ3n) is 5.85. The van der Waals surface area contributed by atoms with Crippen molar-refractivity contribution in [1.82, 2.24) is 19.9 Å². The van der Waals surface area contributed by atoms with Crippen LogP contribution in [-0.4, -0.2) is 62.6 Å². The number of aromatic amines is 1. The van der Waals surface area contributed by atoms with Gasteiger partial charge in [0.1, 0.15) is 0 Å². The first-order valence-corrected chi connectivity index (χ1v) is 12.8. The van der Waals surface area contributed by atoms with Gasteiger partial charge in [-0.1, -0.05) is 25.1 Å². The number of benzene rings is 1. The quantitative estimate of drug-likeness (QED) is 0.441. The van der Waals surface area contributed by atoms with Gasteiger partial charge >= 0.3 is 0 Å². The molecule has 3 rings (SSSR count). The molecule has 0 bridgehead atoms. The number of aliphatic imine (C=N–C) groups is 1. The van der Waals surface area contributed by atoms with E-state index in [1.165, 1.54) is 28.3 Å². The fraction of sp³-hybridized carbons (Fsp3) is 0.591. The van der Waals surface area contributed by atoms with Crippen LogP contribution in [0.1, 0.15) is 37.8 Å². The van der Waals surface area contributed by atoms with Gasteiger partial charge in [0.05, 0.1) is 6.26 Å². The summed E-state index contributed by atoms with van der Waals surface area (Å²) in [6.07, 6.45) is 7.08. The highest BCUT2D eigenvalue weighted by molar-refractivity contribution is 7.88. The molecule has 0 atom stereocenters. The third kappa shape index (κ3) is 5.76. The third-order valence-corrected chi connectivity index (χ3v) is 7.15. The maximum absolute atomic E-state index is 11.7. The number of piperidine rings is 1. The molecule has 1 saturated heterocycles. The summed E-state index contributed by atoms with van der Waals surface area (Å²) in [5.41, 5.74) is 3.91. The lowest BCUT2D eigenvalue weighted by atomic mass is 9.98. The summed E-state index contributed by atoms with van der Waals surface area (Å²) in [6, 6.07) is 6.49. The van der Waals surface area contributed by atoms with Crippen LogP contribution in [-0.2, 0) is 22.9 Å². The normalized spacial score (nSPS) is 16.8. The molecule has 8 heteroatoms. The van der Waals surface area contributed by atoms with Gasteiger partial charge in [0.15, 0.2) is 5.96 Å². The van der Waals surface area contributed by atoms with Gasteiger partial charge in [-0.3, -0.25) is 4.99 Å². The van der Waals surface area contributed by atoms with Crippen LogP contribution in [0.2, 0.25) is 0 Å². The number of fused-ring (bicyclic) bond motifs is 1. The number of rotatable bonds is 8. The number of nitrogens with zero attached hydrogens (tertiary/aromatic N) is 2. The molecule has 0 spiro atoms. The van der Waals surface area contributed by atoms with E-state index in [4.69, 9.17) is 4.99 Å². The van der Waals surface area contributed by atoms with Gasteiger partial charge in [-0.2, -0.15) is 0 Å². The second-order valence-corrected chi connectivity index (χ2v) is 9.99. The van der Waals surface area contributed by atoms with Crippen LogP contribution in [0.5, 0.6) is 0 Å². The maximum Gasteiger partial charge on any atom is 0.211 e. The number of aryl methyl sites for hydroxylation is 1. The molecule has 2 aromatic rings. The number of hydrogen-bond donors (Lipinski definition) is 3. The lowest BCUT2D eigenvalue weighted by Crippen LogP contribution is -2.40. The number of para-hydroxylation sites is 1. The standard InChI is InChI=1S/C22H35N5O2S/c1-4-18-7-6-8-20-19(16-25-21(18)20)9-12-24-22(23-5-2)26-15-17-10-13-27(14-11-17)30(3,28)29/h6-8,16-17,25H,4-5,9-15H2,1-3H3,(H2,23,24,26). The van der Waals surface area contributed by atoms with Crippen molar-refractivity contribution in [3.8, 4) is 0 Å². The van der Waals surface area contributed by atoms with Crippen molar-refractivity contribution >= 4 is 26.9 Å². The highest BCUT2D eigenvalue weighted by atomic mass is 32.2. The van der Waals surface area contributed by atoms with Gasteiger partial charge in [0, 0.05) is 49.8 Å². The van der Waals surface area contributed by atoms with Crippen molar-refractivity contribution in [1.29, 1.82) is 0 Å². The summed E-state index contributed by atoms with van der Waals surface area (Å²) in [4.78, 5) is 8.18. The Bertz CT molecular complexity index is 959. The van der Waals surface area contributed by atoms with E-state index in [2.05, 4.69) is 53.9 Å². The van der Waals surface area contributed by atoms with Crippen LogP contribution >= 0.6 is 0 Å². The Kier molecular flexibility index (Phi) is 7.77. The van der Waals surface area contributed by atoms with Crippen LogP contribution in [0.15, 0.2) is 29.4 Å². The minimum atomic E-state index is -3.07. The number of hydrogen-bond acceptors (Lipinski definition) is 3. The Hall–Kier alpha value is -2.06. The zero-order chi connectivity index (χ0) is 21.6. The van der Waals surface area contributed by atoms with Gasteiger partial charge in [0.25, 0.3) is 0 Å². The molecule has 0 aliphatic carbocycles. The summed E-state index contributed by atoms with van der Waals surface area (Å²) >= 11 is 0.